The molecule has 0 aromatic carbocycles. The van der Waals surface area contributed by atoms with Crippen molar-refractivity contribution in [2.24, 2.45) is 5.92 Å². The van der Waals surface area contributed by atoms with Crippen molar-refractivity contribution in [2.75, 3.05) is 11.5 Å². The molecule has 0 aliphatic carbocycles. The van der Waals surface area contributed by atoms with Crippen LogP contribution in [0.4, 0.5) is 0 Å². The van der Waals surface area contributed by atoms with Gasteiger partial charge in [0, 0.05) is 17.8 Å². The molecule has 1 rings (SSSR count). The second-order valence-electron chi connectivity index (χ2n) is 4.73. The van der Waals surface area contributed by atoms with Crippen LogP contribution in [0.1, 0.15) is 46.5 Å². The van der Waals surface area contributed by atoms with Gasteiger partial charge in [-0.3, -0.25) is 0 Å². The van der Waals surface area contributed by atoms with Gasteiger partial charge >= 0.3 is 0 Å². The molecule has 1 aliphatic rings. The second kappa shape index (κ2) is 6.73. The third kappa shape index (κ3) is 4.70. The van der Waals surface area contributed by atoms with E-state index >= 15 is 0 Å². The molecule has 1 nitrogen and oxygen atoms in total. The van der Waals surface area contributed by atoms with Crippen molar-refractivity contribution < 1.29 is 0 Å². The first kappa shape index (κ1) is 12.4. The van der Waals surface area contributed by atoms with Crippen LogP contribution in [0.15, 0.2) is 0 Å². The highest BCUT2D eigenvalue weighted by Crippen LogP contribution is 2.18. The highest BCUT2D eigenvalue weighted by atomic mass is 32.2. The summed E-state index contributed by atoms with van der Waals surface area (Å²) in [5, 5.41) is 3.76. The summed E-state index contributed by atoms with van der Waals surface area (Å²) in [4.78, 5) is 0. The fourth-order valence-electron chi connectivity index (χ4n) is 2.11. The van der Waals surface area contributed by atoms with Crippen LogP contribution in [0.25, 0.3) is 0 Å². The van der Waals surface area contributed by atoms with Gasteiger partial charge < -0.3 is 5.32 Å². The summed E-state index contributed by atoms with van der Waals surface area (Å²) in [6.07, 6.45) is 5.43. The minimum Gasteiger partial charge on any atom is -0.311 e. The molecule has 2 heteroatoms. The molecule has 0 radical (unpaired) electrons. The minimum atomic E-state index is 0.702. The number of thioether (sulfide) groups is 1. The molecule has 0 aromatic heterocycles. The molecule has 1 heterocycles. The topological polar surface area (TPSA) is 12.0 Å². The predicted octanol–water partition coefficient (Wildman–Crippen LogP) is 3.30. The van der Waals surface area contributed by atoms with Gasteiger partial charge in [0.25, 0.3) is 0 Å². The fourth-order valence-corrected chi connectivity index (χ4v) is 3.20. The molecule has 0 bridgehead atoms. The van der Waals surface area contributed by atoms with E-state index in [4.69, 9.17) is 0 Å². The van der Waals surface area contributed by atoms with Crippen LogP contribution in [0.3, 0.4) is 0 Å². The molecule has 0 spiro atoms. The average Bonchev–Trinajstić information content (AvgIpc) is 2.19. The molecule has 1 aliphatic heterocycles. The fraction of sp³-hybridized carbons (Fsp3) is 1.00. The second-order valence-corrected chi connectivity index (χ2v) is 5.88. The molecular formula is C12H25NS. The molecule has 14 heavy (non-hydrogen) atoms. The molecule has 84 valence electrons. The Morgan fingerprint density at radius 2 is 2.21 bits per heavy atom. The Morgan fingerprint density at radius 3 is 2.79 bits per heavy atom. The lowest BCUT2D eigenvalue weighted by Crippen LogP contribution is -2.40. The van der Waals surface area contributed by atoms with E-state index in [9.17, 15) is 0 Å². The van der Waals surface area contributed by atoms with Crippen LogP contribution in [-0.2, 0) is 0 Å². The normalized spacial score (nSPS) is 27.2. The Morgan fingerprint density at radius 1 is 1.43 bits per heavy atom. The quantitative estimate of drug-likeness (QED) is 0.755. The Kier molecular flexibility index (Phi) is 5.95. The van der Waals surface area contributed by atoms with Gasteiger partial charge in [-0.25, -0.2) is 0 Å². The monoisotopic (exact) mass is 215 g/mol. The molecular weight excluding hydrogens is 190 g/mol. The van der Waals surface area contributed by atoms with Gasteiger partial charge in [-0.1, -0.05) is 20.3 Å². The van der Waals surface area contributed by atoms with Crippen molar-refractivity contribution in [3.8, 4) is 0 Å². The van der Waals surface area contributed by atoms with Gasteiger partial charge in [-0.2, -0.15) is 11.8 Å². The standard InChI is InChI=1S/C12H25NS/c1-4-10(2)8-11(3)13-12-6-5-7-14-9-12/h10-13H,4-9H2,1-3H3. The van der Waals surface area contributed by atoms with Gasteiger partial charge in [-0.05, 0) is 37.9 Å². The number of nitrogens with one attached hydrogen (secondary N) is 1. The van der Waals surface area contributed by atoms with E-state index in [-0.39, 0.29) is 0 Å². The first-order valence-corrected chi connectivity index (χ1v) is 7.21. The smallest absolute Gasteiger partial charge is 0.0160 e. The Bertz CT molecular complexity index is 143. The molecule has 3 atom stereocenters. The van der Waals surface area contributed by atoms with E-state index in [1.807, 2.05) is 0 Å². The van der Waals surface area contributed by atoms with Crippen LogP contribution < -0.4 is 5.32 Å². The summed E-state index contributed by atoms with van der Waals surface area (Å²) in [5.41, 5.74) is 0. The van der Waals surface area contributed by atoms with Gasteiger partial charge in [-0.15, -0.1) is 0 Å². The average molecular weight is 215 g/mol. The van der Waals surface area contributed by atoms with Crippen molar-refractivity contribution in [2.45, 2.75) is 58.5 Å². The SMILES string of the molecule is CCC(C)CC(C)NC1CCCSC1. The maximum atomic E-state index is 3.76. The lowest BCUT2D eigenvalue weighted by molar-refractivity contribution is 0.372. The molecule has 0 aromatic rings. The molecule has 1 saturated heterocycles. The van der Waals surface area contributed by atoms with E-state index in [0.29, 0.717) is 6.04 Å². The summed E-state index contributed by atoms with van der Waals surface area (Å²) in [7, 11) is 0. The molecule has 0 amide bonds. The van der Waals surface area contributed by atoms with Gasteiger partial charge in [0.15, 0.2) is 0 Å². The number of rotatable bonds is 5. The summed E-state index contributed by atoms with van der Waals surface area (Å²) >= 11 is 2.11. The third-order valence-corrected chi connectivity index (χ3v) is 4.35. The van der Waals surface area contributed by atoms with Gasteiger partial charge in [0.2, 0.25) is 0 Å². The zero-order valence-electron chi connectivity index (χ0n) is 9.88. The molecule has 1 fully saturated rings. The highest BCUT2D eigenvalue weighted by Gasteiger charge is 2.16. The van der Waals surface area contributed by atoms with E-state index in [2.05, 4.69) is 37.8 Å². The molecule has 0 saturated carbocycles. The van der Waals surface area contributed by atoms with E-state index in [1.54, 1.807) is 0 Å². The third-order valence-electron chi connectivity index (χ3n) is 3.13. The van der Waals surface area contributed by atoms with Crippen LogP contribution >= 0.6 is 11.8 Å². The molecule has 3 unspecified atom stereocenters. The zero-order valence-corrected chi connectivity index (χ0v) is 10.7. The maximum Gasteiger partial charge on any atom is 0.0160 e. The summed E-state index contributed by atoms with van der Waals surface area (Å²) in [6.45, 7) is 6.98. The lowest BCUT2D eigenvalue weighted by Gasteiger charge is -2.27. The first-order valence-electron chi connectivity index (χ1n) is 6.06. The zero-order chi connectivity index (χ0) is 10.4. The first-order chi connectivity index (χ1) is 6.72. The van der Waals surface area contributed by atoms with Gasteiger partial charge in [0.05, 0.1) is 0 Å². The van der Waals surface area contributed by atoms with Crippen LogP contribution in [0.2, 0.25) is 0 Å². The van der Waals surface area contributed by atoms with Crippen molar-refractivity contribution in [1.82, 2.24) is 5.32 Å². The van der Waals surface area contributed by atoms with Crippen molar-refractivity contribution in [3.05, 3.63) is 0 Å². The summed E-state index contributed by atoms with van der Waals surface area (Å²) in [5.74, 6) is 3.57. The Labute approximate surface area is 93.4 Å². The Balaban J connectivity index is 2.14. The van der Waals surface area contributed by atoms with E-state index < -0.39 is 0 Å². The largest absolute Gasteiger partial charge is 0.311 e. The van der Waals surface area contributed by atoms with Crippen molar-refractivity contribution >= 4 is 11.8 Å². The van der Waals surface area contributed by atoms with E-state index in [1.165, 1.54) is 37.2 Å². The van der Waals surface area contributed by atoms with E-state index in [0.717, 1.165) is 12.0 Å². The predicted molar refractivity (Wildman–Crippen MR) is 67.0 cm³/mol. The summed E-state index contributed by atoms with van der Waals surface area (Å²) in [6, 6.07) is 1.49. The van der Waals surface area contributed by atoms with Gasteiger partial charge in [0.1, 0.15) is 0 Å². The van der Waals surface area contributed by atoms with Crippen LogP contribution in [0.5, 0.6) is 0 Å². The molecule has 1 N–H and O–H groups in total. The van der Waals surface area contributed by atoms with Crippen LogP contribution in [-0.4, -0.2) is 23.6 Å². The van der Waals surface area contributed by atoms with Crippen molar-refractivity contribution in [3.63, 3.8) is 0 Å². The lowest BCUT2D eigenvalue weighted by atomic mass is 9.99. The summed E-state index contributed by atoms with van der Waals surface area (Å²) < 4.78 is 0. The van der Waals surface area contributed by atoms with Crippen LogP contribution in [0, 0.1) is 5.92 Å². The number of hydrogen-bond acceptors (Lipinski definition) is 2. The highest BCUT2D eigenvalue weighted by molar-refractivity contribution is 7.99. The Hall–Kier alpha value is 0.310. The minimum absolute atomic E-state index is 0.702. The maximum absolute atomic E-state index is 3.76. The van der Waals surface area contributed by atoms with Crippen molar-refractivity contribution in [1.29, 1.82) is 0 Å². The number of hydrogen-bond donors (Lipinski definition) is 1.